The Morgan fingerprint density at radius 1 is 1.24 bits per heavy atom. The number of ether oxygens (including phenoxy) is 1. The van der Waals surface area contributed by atoms with E-state index in [0.717, 1.165) is 64.3 Å². The number of carboxylic acid groups (broad SMARTS) is 1. The monoisotopic (exact) mass is 389 g/mol. The molecule has 0 bridgehead atoms. The van der Waals surface area contributed by atoms with Gasteiger partial charge in [-0.2, -0.15) is 0 Å². The van der Waals surface area contributed by atoms with E-state index in [2.05, 4.69) is 16.0 Å². The Morgan fingerprint density at radius 2 is 2.03 bits per heavy atom. The molecule has 0 aliphatic heterocycles. The van der Waals surface area contributed by atoms with Crippen LogP contribution in [0.25, 0.3) is 22.5 Å². The highest BCUT2D eigenvalue weighted by molar-refractivity contribution is 5.95. The molecule has 0 amide bonds. The first kappa shape index (κ1) is 17.9. The second kappa shape index (κ2) is 6.74. The van der Waals surface area contributed by atoms with Crippen LogP contribution in [0.4, 0.5) is 0 Å². The summed E-state index contributed by atoms with van der Waals surface area (Å²) < 4.78 is 5.24. The van der Waals surface area contributed by atoms with Crippen LogP contribution in [-0.4, -0.2) is 34.2 Å². The molecule has 0 saturated heterocycles. The van der Waals surface area contributed by atoms with Gasteiger partial charge < -0.3 is 20.6 Å². The van der Waals surface area contributed by atoms with Gasteiger partial charge in [0.25, 0.3) is 0 Å². The third-order valence-electron chi connectivity index (χ3n) is 6.33. The summed E-state index contributed by atoms with van der Waals surface area (Å²) in [4.78, 5) is 20.2. The first-order valence-corrected chi connectivity index (χ1v) is 9.94. The highest BCUT2D eigenvalue weighted by Gasteiger charge is 2.37. The van der Waals surface area contributed by atoms with Crippen LogP contribution in [0, 0.1) is 0 Å². The summed E-state index contributed by atoms with van der Waals surface area (Å²) in [5, 5.41) is 9.91. The summed E-state index contributed by atoms with van der Waals surface area (Å²) >= 11 is 0. The molecule has 2 atom stereocenters. The fourth-order valence-corrected chi connectivity index (χ4v) is 4.54. The van der Waals surface area contributed by atoms with Crippen LogP contribution >= 0.6 is 0 Å². The molecule has 2 unspecified atom stereocenters. The molecule has 2 aromatic heterocycles. The van der Waals surface area contributed by atoms with Crippen LogP contribution in [-0.2, 0) is 12.8 Å². The number of nitrogens with one attached hydrogen (secondary N) is 1. The Kier molecular flexibility index (Phi) is 4.17. The topological polar surface area (TPSA) is 101 Å². The molecule has 6 heteroatoms. The van der Waals surface area contributed by atoms with Crippen molar-refractivity contribution < 1.29 is 14.6 Å². The fraction of sp³-hybridized carbons (Fsp3) is 0.304. The maximum Gasteiger partial charge on any atom is 0.337 e. The SMILES string of the molecule is COc1ccc(-c2cc3c(cn2)CCc2c-3[nH]c(C3CCC3N)c2C(=O)O)cc1. The zero-order valence-corrected chi connectivity index (χ0v) is 16.2. The largest absolute Gasteiger partial charge is 0.497 e. The first-order valence-electron chi connectivity index (χ1n) is 9.94. The molecule has 2 heterocycles. The number of hydrogen-bond donors (Lipinski definition) is 3. The molecular formula is C23H23N3O3. The van der Waals surface area contributed by atoms with Crippen molar-refractivity contribution in [2.45, 2.75) is 37.6 Å². The van der Waals surface area contributed by atoms with Crippen molar-refractivity contribution in [3.8, 4) is 28.3 Å². The third-order valence-corrected chi connectivity index (χ3v) is 6.33. The minimum Gasteiger partial charge on any atom is -0.497 e. The molecule has 1 aromatic carbocycles. The van der Waals surface area contributed by atoms with Gasteiger partial charge in [-0.05, 0) is 67.1 Å². The number of hydrogen-bond acceptors (Lipinski definition) is 4. The van der Waals surface area contributed by atoms with E-state index in [1.54, 1.807) is 7.11 Å². The lowest BCUT2D eigenvalue weighted by atomic mass is 9.76. The fourth-order valence-electron chi connectivity index (χ4n) is 4.54. The molecule has 1 saturated carbocycles. The van der Waals surface area contributed by atoms with Gasteiger partial charge in [0.05, 0.1) is 24.1 Å². The number of carbonyl (C=O) groups is 1. The van der Waals surface area contributed by atoms with Crippen molar-refractivity contribution in [2.75, 3.05) is 7.11 Å². The van der Waals surface area contributed by atoms with E-state index in [9.17, 15) is 9.90 Å². The summed E-state index contributed by atoms with van der Waals surface area (Å²) in [6, 6.07) is 9.87. The smallest absolute Gasteiger partial charge is 0.337 e. The highest BCUT2D eigenvalue weighted by atomic mass is 16.5. The maximum absolute atomic E-state index is 12.1. The van der Waals surface area contributed by atoms with Crippen molar-refractivity contribution in [3.05, 3.63) is 58.9 Å². The number of pyridine rings is 1. The molecule has 2 aliphatic rings. The first-order chi connectivity index (χ1) is 14.1. The predicted octanol–water partition coefficient (Wildman–Crippen LogP) is 3.75. The molecule has 6 nitrogen and oxygen atoms in total. The van der Waals surface area contributed by atoms with Gasteiger partial charge in [-0.15, -0.1) is 0 Å². The minimum atomic E-state index is -0.871. The number of aromatic nitrogens is 2. The van der Waals surface area contributed by atoms with Crippen molar-refractivity contribution >= 4 is 5.97 Å². The molecule has 5 rings (SSSR count). The van der Waals surface area contributed by atoms with E-state index >= 15 is 0 Å². The van der Waals surface area contributed by atoms with Crippen LogP contribution < -0.4 is 10.5 Å². The molecule has 4 N–H and O–H groups in total. The number of rotatable bonds is 4. The molecule has 3 aromatic rings. The van der Waals surface area contributed by atoms with Crippen LogP contribution in [0.1, 0.15) is 45.9 Å². The van der Waals surface area contributed by atoms with Crippen molar-refractivity contribution in [3.63, 3.8) is 0 Å². The summed E-state index contributed by atoms with van der Waals surface area (Å²) in [7, 11) is 1.64. The summed E-state index contributed by atoms with van der Waals surface area (Å²) in [6.45, 7) is 0. The zero-order valence-electron chi connectivity index (χ0n) is 16.2. The average molecular weight is 389 g/mol. The normalized spacial score (nSPS) is 19.8. The number of fused-ring (bicyclic) bond motifs is 3. The molecular weight excluding hydrogens is 366 g/mol. The zero-order chi connectivity index (χ0) is 20.1. The van der Waals surface area contributed by atoms with Gasteiger partial charge in [0, 0.05) is 35.0 Å². The second-order valence-corrected chi connectivity index (χ2v) is 7.88. The number of nitrogens with zero attached hydrogens (tertiary/aromatic N) is 1. The highest BCUT2D eigenvalue weighted by Crippen LogP contribution is 2.43. The van der Waals surface area contributed by atoms with E-state index < -0.39 is 5.97 Å². The number of methoxy groups -OCH3 is 1. The Bertz CT molecular complexity index is 1100. The number of aromatic carboxylic acids is 1. The lowest BCUT2D eigenvalue weighted by Crippen LogP contribution is -2.38. The van der Waals surface area contributed by atoms with Crippen LogP contribution in [0.2, 0.25) is 0 Å². The Hall–Kier alpha value is -3.12. The van der Waals surface area contributed by atoms with Gasteiger partial charge in [-0.1, -0.05) is 0 Å². The number of benzene rings is 1. The van der Waals surface area contributed by atoms with E-state index in [-0.39, 0.29) is 12.0 Å². The van der Waals surface area contributed by atoms with Gasteiger partial charge in [0.2, 0.25) is 0 Å². The summed E-state index contributed by atoms with van der Waals surface area (Å²) in [5.41, 5.74) is 13.2. The van der Waals surface area contributed by atoms with Gasteiger partial charge in [0.1, 0.15) is 5.75 Å². The maximum atomic E-state index is 12.1. The van der Waals surface area contributed by atoms with Crippen molar-refractivity contribution in [1.29, 1.82) is 0 Å². The van der Waals surface area contributed by atoms with Crippen LogP contribution in [0.3, 0.4) is 0 Å². The molecule has 1 fully saturated rings. The Morgan fingerprint density at radius 3 is 2.66 bits per heavy atom. The number of nitrogens with two attached hydrogens (primary N) is 1. The van der Waals surface area contributed by atoms with Crippen molar-refractivity contribution in [2.24, 2.45) is 5.73 Å². The lowest BCUT2D eigenvalue weighted by molar-refractivity contribution is 0.0693. The van der Waals surface area contributed by atoms with Crippen molar-refractivity contribution in [1.82, 2.24) is 9.97 Å². The molecule has 0 spiro atoms. The van der Waals surface area contributed by atoms with E-state index in [4.69, 9.17) is 10.5 Å². The molecule has 29 heavy (non-hydrogen) atoms. The van der Waals surface area contributed by atoms with Gasteiger partial charge >= 0.3 is 5.97 Å². The van der Waals surface area contributed by atoms with E-state index in [0.29, 0.717) is 12.0 Å². The number of carboxylic acids is 1. The lowest BCUT2D eigenvalue weighted by Gasteiger charge is -2.33. The number of H-pyrrole nitrogens is 1. The van der Waals surface area contributed by atoms with E-state index in [1.807, 2.05) is 30.5 Å². The predicted molar refractivity (Wildman–Crippen MR) is 110 cm³/mol. The molecule has 0 radical (unpaired) electrons. The summed E-state index contributed by atoms with van der Waals surface area (Å²) in [5.74, 6) is 0.0217. The quantitative estimate of drug-likeness (QED) is 0.631. The van der Waals surface area contributed by atoms with Crippen LogP contribution in [0.5, 0.6) is 5.75 Å². The third kappa shape index (κ3) is 2.83. The average Bonchev–Trinajstić information content (AvgIpc) is 3.11. The van der Waals surface area contributed by atoms with E-state index in [1.165, 1.54) is 0 Å². The Labute approximate surface area is 168 Å². The molecule has 148 valence electrons. The number of aromatic amines is 1. The van der Waals surface area contributed by atoms with Gasteiger partial charge in [0.15, 0.2) is 0 Å². The minimum absolute atomic E-state index is 0.0278. The Balaban J connectivity index is 1.62. The van der Waals surface area contributed by atoms with Gasteiger partial charge in [-0.25, -0.2) is 4.79 Å². The van der Waals surface area contributed by atoms with Crippen LogP contribution in [0.15, 0.2) is 36.5 Å². The van der Waals surface area contributed by atoms with Gasteiger partial charge in [-0.3, -0.25) is 4.98 Å². The molecule has 2 aliphatic carbocycles. The standard InChI is InChI=1S/C23H23N3O3/c1-29-14-5-2-12(3-6-14)19-10-17-13(11-25-19)4-7-16-20(23(27)28)22(26-21(16)17)15-8-9-18(15)24/h2-3,5-6,10-11,15,18,26H,4,7-9,24H2,1H3,(H,27,28). The summed E-state index contributed by atoms with van der Waals surface area (Å²) in [6.07, 6.45) is 5.27. The number of aryl methyl sites for hydroxylation is 1. The second-order valence-electron chi connectivity index (χ2n) is 7.88.